The van der Waals surface area contributed by atoms with Gasteiger partial charge in [-0.1, -0.05) is 54.6 Å². The molecule has 0 bridgehead atoms. The Morgan fingerprint density at radius 1 is 1.03 bits per heavy atom. The smallest absolute Gasteiger partial charge is 0.293 e. The number of nitrogens with zero attached hydrogens (tertiary/aromatic N) is 2. The molecule has 0 radical (unpaired) electrons. The van der Waals surface area contributed by atoms with E-state index in [0.29, 0.717) is 28.4 Å². The van der Waals surface area contributed by atoms with Crippen molar-refractivity contribution in [1.82, 2.24) is 4.90 Å². The van der Waals surface area contributed by atoms with E-state index in [1.807, 2.05) is 48.5 Å². The van der Waals surface area contributed by atoms with Gasteiger partial charge >= 0.3 is 0 Å². The van der Waals surface area contributed by atoms with Crippen LogP contribution in [-0.4, -0.2) is 16.0 Å². The number of thioether (sulfide) groups is 1. The zero-order valence-corrected chi connectivity index (χ0v) is 19.2. The molecule has 2 amide bonds. The molecule has 0 aromatic heterocycles. The van der Waals surface area contributed by atoms with Crippen LogP contribution in [0.3, 0.4) is 0 Å². The number of hydrogen-bond acceptors (Lipinski definition) is 5. The first-order chi connectivity index (χ1) is 15.5. The Labute approximate surface area is 198 Å². The van der Waals surface area contributed by atoms with Crippen LogP contribution < -0.4 is 4.74 Å². The normalized spacial score (nSPS) is 14.6. The number of benzene rings is 3. The highest BCUT2D eigenvalue weighted by atomic mass is 79.9. The van der Waals surface area contributed by atoms with Crippen LogP contribution in [0.1, 0.15) is 22.3 Å². The van der Waals surface area contributed by atoms with E-state index < -0.39 is 0 Å². The maximum Gasteiger partial charge on any atom is 0.293 e. The number of halogens is 1. The standard InChI is InChI=1S/C25H17BrN2O3S/c26-21-12-18(10-11-22(21)31-16-17-6-2-1-3-7-17)13-23-24(29)28(25(30)32-23)15-20-9-5-4-8-19(20)14-27/h1-13H,15-16H2/b23-13+. The molecular weight excluding hydrogens is 488 g/mol. The van der Waals surface area contributed by atoms with E-state index in [9.17, 15) is 14.9 Å². The number of rotatable bonds is 6. The quantitative estimate of drug-likeness (QED) is 0.377. The SMILES string of the molecule is N#Cc1ccccc1CN1C(=O)S/C(=C/c2ccc(OCc3ccccc3)c(Br)c2)C1=O. The van der Waals surface area contributed by atoms with Crippen molar-refractivity contribution < 1.29 is 14.3 Å². The fraction of sp³-hybridized carbons (Fsp3) is 0.0800. The van der Waals surface area contributed by atoms with Gasteiger partial charge in [-0.3, -0.25) is 14.5 Å². The minimum Gasteiger partial charge on any atom is -0.488 e. The highest BCUT2D eigenvalue weighted by Gasteiger charge is 2.35. The minimum absolute atomic E-state index is 0.0711. The Kier molecular flexibility index (Phi) is 6.74. The van der Waals surface area contributed by atoms with Gasteiger partial charge in [-0.15, -0.1) is 0 Å². The lowest BCUT2D eigenvalue weighted by Gasteiger charge is -2.13. The van der Waals surface area contributed by atoms with E-state index in [0.717, 1.165) is 27.4 Å². The highest BCUT2D eigenvalue weighted by molar-refractivity contribution is 9.10. The van der Waals surface area contributed by atoms with Gasteiger partial charge in [0, 0.05) is 0 Å². The van der Waals surface area contributed by atoms with Crippen LogP contribution in [-0.2, 0) is 17.9 Å². The second-order valence-electron chi connectivity index (χ2n) is 7.00. The molecule has 4 rings (SSSR count). The Balaban J connectivity index is 1.48. The third-order valence-corrected chi connectivity index (χ3v) is 6.36. The van der Waals surface area contributed by atoms with Crippen LogP contribution in [0.2, 0.25) is 0 Å². The van der Waals surface area contributed by atoms with Crippen molar-refractivity contribution in [2.45, 2.75) is 13.2 Å². The largest absolute Gasteiger partial charge is 0.488 e. The molecule has 158 valence electrons. The van der Waals surface area contributed by atoms with Gasteiger partial charge in [-0.05, 0) is 68.7 Å². The lowest BCUT2D eigenvalue weighted by atomic mass is 10.1. The van der Waals surface area contributed by atoms with Gasteiger partial charge in [0.1, 0.15) is 12.4 Å². The Bertz CT molecular complexity index is 1250. The van der Waals surface area contributed by atoms with Gasteiger partial charge in [0.05, 0.1) is 27.6 Å². The van der Waals surface area contributed by atoms with Crippen LogP contribution >= 0.6 is 27.7 Å². The number of carbonyl (C=O) groups excluding carboxylic acids is 2. The van der Waals surface area contributed by atoms with E-state index in [2.05, 4.69) is 22.0 Å². The molecule has 1 aliphatic rings. The molecule has 3 aromatic carbocycles. The summed E-state index contributed by atoms with van der Waals surface area (Å²) in [5, 5.41) is 8.90. The molecule has 0 unspecified atom stereocenters. The van der Waals surface area contributed by atoms with Crippen molar-refractivity contribution in [2.75, 3.05) is 0 Å². The van der Waals surface area contributed by atoms with Crippen LogP contribution in [0.4, 0.5) is 4.79 Å². The first kappa shape index (κ1) is 21.9. The van der Waals surface area contributed by atoms with Crippen molar-refractivity contribution in [2.24, 2.45) is 0 Å². The highest BCUT2D eigenvalue weighted by Crippen LogP contribution is 2.35. The summed E-state index contributed by atoms with van der Waals surface area (Å²) in [5.74, 6) is 0.320. The zero-order valence-electron chi connectivity index (χ0n) is 16.8. The van der Waals surface area contributed by atoms with Crippen LogP contribution in [0.25, 0.3) is 6.08 Å². The molecule has 1 aliphatic heterocycles. The summed E-state index contributed by atoms with van der Waals surface area (Å²) in [6.45, 7) is 0.517. The molecule has 0 aliphatic carbocycles. The first-order valence-corrected chi connectivity index (χ1v) is 11.4. The molecule has 5 nitrogen and oxygen atoms in total. The summed E-state index contributed by atoms with van der Waals surface area (Å²) in [4.78, 5) is 26.8. The van der Waals surface area contributed by atoms with E-state index in [4.69, 9.17) is 4.74 Å². The molecule has 3 aromatic rings. The molecule has 32 heavy (non-hydrogen) atoms. The average Bonchev–Trinajstić information content (AvgIpc) is 3.07. The summed E-state index contributed by atoms with van der Waals surface area (Å²) < 4.78 is 6.62. The lowest BCUT2D eigenvalue weighted by molar-refractivity contribution is -0.123. The third kappa shape index (κ3) is 4.93. The maximum atomic E-state index is 12.8. The van der Waals surface area contributed by atoms with Crippen molar-refractivity contribution in [3.8, 4) is 11.8 Å². The number of ether oxygens (including phenoxy) is 1. The van der Waals surface area contributed by atoms with Gasteiger partial charge in [0.15, 0.2) is 0 Å². The van der Waals surface area contributed by atoms with E-state index in [-0.39, 0.29) is 17.7 Å². The average molecular weight is 505 g/mol. The van der Waals surface area contributed by atoms with E-state index in [1.165, 1.54) is 4.90 Å². The monoisotopic (exact) mass is 504 g/mol. The number of imide groups is 1. The summed E-state index contributed by atoms with van der Waals surface area (Å²) in [5.41, 5.74) is 2.92. The zero-order chi connectivity index (χ0) is 22.5. The molecule has 7 heteroatoms. The maximum absolute atomic E-state index is 12.8. The van der Waals surface area contributed by atoms with Crippen LogP contribution in [0.15, 0.2) is 82.2 Å². The van der Waals surface area contributed by atoms with Crippen LogP contribution in [0.5, 0.6) is 5.75 Å². The molecule has 0 N–H and O–H groups in total. The fourth-order valence-electron chi connectivity index (χ4n) is 3.18. The topological polar surface area (TPSA) is 70.4 Å². The molecular formula is C25H17BrN2O3S. The lowest BCUT2D eigenvalue weighted by Crippen LogP contribution is -2.27. The Morgan fingerprint density at radius 2 is 1.78 bits per heavy atom. The fourth-order valence-corrected chi connectivity index (χ4v) is 4.53. The van der Waals surface area contributed by atoms with Gasteiger partial charge in [0.25, 0.3) is 11.1 Å². The summed E-state index contributed by atoms with van der Waals surface area (Å²) >= 11 is 4.41. The predicted molar refractivity (Wildman–Crippen MR) is 128 cm³/mol. The number of carbonyl (C=O) groups is 2. The second kappa shape index (κ2) is 9.86. The minimum atomic E-state index is -0.367. The predicted octanol–water partition coefficient (Wildman–Crippen LogP) is 6.14. The molecule has 0 saturated carbocycles. The van der Waals surface area contributed by atoms with Crippen LogP contribution in [0, 0.1) is 11.3 Å². The number of nitriles is 1. The molecule has 1 heterocycles. The van der Waals surface area contributed by atoms with Crippen molar-refractivity contribution in [3.63, 3.8) is 0 Å². The van der Waals surface area contributed by atoms with Crippen molar-refractivity contribution in [1.29, 1.82) is 5.26 Å². The summed E-state index contributed by atoms with van der Waals surface area (Å²) in [7, 11) is 0. The number of amides is 2. The van der Waals surface area contributed by atoms with Gasteiger partial charge in [-0.25, -0.2) is 0 Å². The Hall–Kier alpha value is -3.34. The summed E-state index contributed by atoms with van der Waals surface area (Å²) in [6.07, 6.45) is 1.69. The van der Waals surface area contributed by atoms with Crippen molar-refractivity contribution in [3.05, 3.63) is 104 Å². The molecule has 1 fully saturated rings. The second-order valence-corrected chi connectivity index (χ2v) is 8.85. The molecule has 0 spiro atoms. The van der Waals surface area contributed by atoms with Gasteiger partial charge < -0.3 is 4.74 Å². The van der Waals surface area contributed by atoms with E-state index >= 15 is 0 Å². The summed E-state index contributed by atoms with van der Waals surface area (Å²) in [6, 6.07) is 24.4. The first-order valence-electron chi connectivity index (χ1n) is 9.75. The van der Waals surface area contributed by atoms with Crippen molar-refractivity contribution >= 4 is 44.9 Å². The van der Waals surface area contributed by atoms with Gasteiger partial charge in [0.2, 0.25) is 0 Å². The number of hydrogen-bond donors (Lipinski definition) is 0. The molecule has 0 atom stereocenters. The third-order valence-electron chi connectivity index (χ3n) is 4.83. The molecule has 1 saturated heterocycles. The Morgan fingerprint density at radius 3 is 2.53 bits per heavy atom. The van der Waals surface area contributed by atoms with Gasteiger partial charge in [-0.2, -0.15) is 5.26 Å². The van der Waals surface area contributed by atoms with E-state index in [1.54, 1.807) is 30.3 Å².